The lowest BCUT2D eigenvalue weighted by molar-refractivity contribution is -0.386. The van der Waals surface area contributed by atoms with Gasteiger partial charge in [0.05, 0.1) is 10.5 Å². The van der Waals surface area contributed by atoms with E-state index in [4.69, 9.17) is 15.2 Å². The molecule has 0 heterocycles. The van der Waals surface area contributed by atoms with E-state index in [0.717, 1.165) is 0 Å². The zero-order chi connectivity index (χ0) is 14.4. The summed E-state index contributed by atoms with van der Waals surface area (Å²) in [6.45, 7) is 0. The fourth-order valence-electron chi connectivity index (χ4n) is 1.36. The number of carbonyl (C=O) groups excluding carboxylic acids is 1. The van der Waals surface area contributed by atoms with Crippen LogP contribution in [0.15, 0.2) is 24.3 Å². The van der Waals surface area contributed by atoms with E-state index in [9.17, 15) is 14.9 Å². The summed E-state index contributed by atoms with van der Waals surface area (Å²) < 4.78 is 9.95. The number of benzene rings is 1. The first-order valence-corrected chi connectivity index (χ1v) is 5.97. The van der Waals surface area contributed by atoms with Gasteiger partial charge in [0.15, 0.2) is 0 Å². The third-order valence-electron chi connectivity index (χ3n) is 2.32. The number of nitrogens with zero attached hydrogens (tertiary/aromatic N) is 1. The van der Waals surface area contributed by atoms with Crippen LogP contribution in [-0.2, 0) is 14.3 Å². The number of para-hydroxylation sites is 1. The van der Waals surface area contributed by atoms with Gasteiger partial charge in [0.1, 0.15) is 6.04 Å². The number of nitro benzene ring substituents is 1. The molecule has 1 rings (SSSR count). The fourth-order valence-corrected chi connectivity index (χ4v) is 1.51. The lowest BCUT2D eigenvalue weighted by Crippen LogP contribution is -2.35. The predicted molar refractivity (Wildman–Crippen MR) is 70.8 cm³/mol. The Balaban J connectivity index is 2.98. The maximum Gasteiger partial charge on any atom is 0.326 e. The molecular weight excluding hydrogens is 272 g/mol. The third kappa shape index (κ3) is 3.91. The van der Waals surface area contributed by atoms with Crippen LogP contribution in [-0.4, -0.2) is 29.8 Å². The van der Waals surface area contributed by atoms with Gasteiger partial charge in [-0.1, -0.05) is 12.1 Å². The van der Waals surface area contributed by atoms with Crippen LogP contribution in [0.1, 0.15) is 11.9 Å². The first-order valence-electron chi connectivity index (χ1n) is 5.34. The molecule has 0 saturated carbocycles. The highest BCUT2D eigenvalue weighted by Crippen LogP contribution is 2.28. The van der Waals surface area contributed by atoms with E-state index in [1.807, 2.05) is 0 Å². The molecule has 0 amide bonds. The highest BCUT2D eigenvalue weighted by atomic mass is 32.1. The SMILES string of the molecule is COC(OC(=O)[C@@H](N)CS)c1ccccc1[N+](=O)[O-]. The van der Waals surface area contributed by atoms with E-state index >= 15 is 0 Å². The number of esters is 1. The van der Waals surface area contributed by atoms with Crippen molar-refractivity contribution in [1.29, 1.82) is 0 Å². The van der Waals surface area contributed by atoms with Crippen molar-refractivity contribution in [2.45, 2.75) is 12.3 Å². The van der Waals surface area contributed by atoms with E-state index in [2.05, 4.69) is 12.6 Å². The number of nitro groups is 1. The smallest absolute Gasteiger partial charge is 0.326 e. The predicted octanol–water partition coefficient (Wildman–Crippen LogP) is 1.04. The molecule has 8 heteroatoms. The molecule has 0 bridgehead atoms. The molecule has 0 aromatic heterocycles. The summed E-state index contributed by atoms with van der Waals surface area (Å²) in [6.07, 6.45) is -1.18. The number of nitrogens with two attached hydrogens (primary N) is 1. The Morgan fingerprint density at radius 2 is 2.16 bits per heavy atom. The lowest BCUT2D eigenvalue weighted by Gasteiger charge is -2.18. The highest BCUT2D eigenvalue weighted by molar-refractivity contribution is 7.80. The van der Waals surface area contributed by atoms with Gasteiger partial charge in [-0.3, -0.25) is 14.9 Å². The minimum Gasteiger partial charge on any atom is -0.430 e. The number of ether oxygens (including phenoxy) is 2. The van der Waals surface area contributed by atoms with Crippen LogP contribution in [0, 0.1) is 10.1 Å². The molecule has 1 unspecified atom stereocenters. The molecule has 2 N–H and O–H groups in total. The van der Waals surface area contributed by atoms with Crippen LogP contribution >= 0.6 is 12.6 Å². The Hall–Kier alpha value is -1.64. The van der Waals surface area contributed by atoms with E-state index in [1.165, 1.54) is 25.3 Å². The van der Waals surface area contributed by atoms with Gasteiger partial charge in [0.2, 0.25) is 6.29 Å². The van der Waals surface area contributed by atoms with Crippen molar-refractivity contribution in [2.24, 2.45) is 5.73 Å². The van der Waals surface area contributed by atoms with Crippen LogP contribution < -0.4 is 5.73 Å². The Kier molecular flexibility index (Phi) is 5.74. The first kappa shape index (κ1) is 15.4. The second kappa shape index (κ2) is 7.07. The molecule has 104 valence electrons. The molecule has 0 saturated heterocycles. The maximum atomic E-state index is 11.6. The number of thiol groups is 1. The molecule has 0 aliphatic heterocycles. The van der Waals surface area contributed by atoms with E-state index < -0.39 is 23.2 Å². The normalized spacial score (nSPS) is 13.6. The molecule has 0 radical (unpaired) electrons. The summed E-state index contributed by atoms with van der Waals surface area (Å²) in [7, 11) is 1.28. The van der Waals surface area contributed by atoms with Gasteiger partial charge in [-0.15, -0.1) is 0 Å². The van der Waals surface area contributed by atoms with Crippen molar-refractivity contribution in [3.05, 3.63) is 39.9 Å². The average molecular weight is 286 g/mol. The number of hydrogen-bond donors (Lipinski definition) is 2. The number of rotatable bonds is 6. The van der Waals surface area contributed by atoms with Crippen molar-refractivity contribution >= 4 is 24.3 Å². The van der Waals surface area contributed by atoms with Gasteiger partial charge < -0.3 is 15.2 Å². The number of carbonyl (C=O) groups is 1. The molecule has 1 aromatic carbocycles. The Morgan fingerprint density at radius 3 is 2.68 bits per heavy atom. The summed E-state index contributed by atoms with van der Waals surface area (Å²) >= 11 is 3.87. The maximum absolute atomic E-state index is 11.6. The van der Waals surface area contributed by atoms with Gasteiger partial charge in [-0.2, -0.15) is 12.6 Å². The largest absolute Gasteiger partial charge is 0.430 e. The Labute approximate surface area is 115 Å². The summed E-state index contributed by atoms with van der Waals surface area (Å²) in [6, 6.07) is 4.93. The van der Waals surface area contributed by atoms with E-state index in [0.29, 0.717) is 0 Å². The van der Waals surface area contributed by atoms with Gasteiger partial charge in [-0.25, -0.2) is 0 Å². The minimum absolute atomic E-state index is 0.103. The molecule has 0 spiro atoms. The van der Waals surface area contributed by atoms with Crippen molar-refractivity contribution in [3.8, 4) is 0 Å². The van der Waals surface area contributed by atoms with Crippen molar-refractivity contribution in [2.75, 3.05) is 12.9 Å². The molecule has 7 nitrogen and oxygen atoms in total. The minimum atomic E-state index is -1.18. The summed E-state index contributed by atoms with van der Waals surface area (Å²) in [5.74, 6) is -0.633. The topological polar surface area (TPSA) is 105 Å². The average Bonchev–Trinajstić information content (AvgIpc) is 2.43. The van der Waals surface area contributed by atoms with Crippen molar-refractivity contribution < 1.29 is 19.2 Å². The highest BCUT2D eigenvalue weighted by Gasteiger charge is 2.26. The Morgan fingerprint density at radius 1 is 1.53 bits per heavy atom. The third-order valence-corrected chi connectivity index (χ3v) is 2.72. The number of methoxy groups -OCH3 is 1. The van der Waals surface area contributed by atoms with Crippen LogP contribution in [0.3, 0.4) is 0 Å². The van der Waals surface area contributed by atoms with Crippen LogP contribution in [0.5, 0.6) is 0 Å². The fraction of sp³-hybridized carbons (Fsp3) is 0.364. The van der Waals surface area contributed by atoms with Crippen LogP contribution in [0.2, 0.25) is 0 Å². The summed E-state index contributed by atoms with van der Waals surface area (Å²) in [4.78, 5) is 21.9. The van der Waals surface area contributed by atoms with Gasteiger partial charge in [-0.05, 0) is 6.07 Å². The van der Waals surface area contributed by atoms with Crippen LogP contribution in [0.4, 0.5) is 5.69 Å². The zero-order valence-corrected chi connectivity index (χ0v) is 11.1. The lowest BCUT2D eigenvalue weighted by atomic mass is 10.1. The quantitative estimate of drug-likeness (QED) is 0.266. The van der Waals surface area contributed by atoms with Crippen molar-refractivity contribution in [1.82, 2.24) is 0 Å². The first-order chi connectivity index (χ1) is 9.01. The summed E-state index contributed by atoms with van der Waals surface area (Å²) in [5.41, 5.74) is 5.41. The molecule has 1 aromatic rings. The zero-order valence-electron chi connectivity index (χ0n) is 10.2. The monoisotopic (exact) mass is 286 g/mol. The second-order valence-electron chi connectivity index (χ2n) is 3.61. The molecule has 0 aliphatic carbocycles. The molecule has 0 fully saturated rings. The molecule has 0 aliphatic rings. The van der Waals surface area contributed by atoms with Crippen molar-refractivity contribution in [3.63, 3.8) is 0 Å². The second-order valence-corrected chi connectivity index (χ2v) is 3.97. The standard InChI is InChI=1S/C11H14N2O5S/c1-17-11(18-10(14)8(12)6-19)7-4-2-3-5-9(7)13(15)16/h2-5,8,11,19H,6,12H2,1H3/t8-,11?/m0/s1. The Bertz CT molecular complexity index is 468. The van der Waals surface area contributed by atoms with Gasteiger partial charge >= 0.3 is 5.97 Å². The van der Waals surface area contributed by atoms with Gasteiger partial charge in [0, 0.05) is 18.9 Å². The molecule has 2 atom stereocenters. The van der Waals surface area contributed by atoms with Crippen LogP contribution in [0.25, 0.3) is 0 Å². The van der Waals surface area contributed by atoms with E-state index in [1.54, 1.807) is 6.07 Å². The summed E-state index contributed by atoms with van der Waals surface area (Å²) in [5, 5.41) is 10.9. The van der Waals surface area contributed by atoms with E-state index in [-0.39, 0.29) is 17.0 Å². The number of hydrogen-bond acceptors (Lipinski definition) is 7. The molecule has 19 heavy (non-hydrogen) atoms. The molecular formula is C11H14N2O5S. The van der Waals surface area contributed by atoms with Gasteiger partial charge in [0.25, 0.3) is 5.69 Å².